The summed E-state index contributed by atoms with van der Waals surface area (Å²) in [7, 11) is 0. The molecule has 0 bridgehead atoms. The number of aliphatic imine (C=N–C) groups is 1. The van der Waals surface area contributed by atoms with Crippen molar-refractivity contribution in [1.82, 2.24) is 4.90 Å². The highest BCUT2D eigenvalue weighted by Crippen LogP contribution is 2.33. The van der Waals surface area contributed by atoms with Crippen molar-refractivity contribution in [3.63, 3.8) is 0 Å². The molecule has 150 valence electrons. The number of hydrogen-bond donors (Lipinski definition) is 0. The molecule has 4 rings (SSSR count). The highest BCUT2D eigenvalue weighted by molar-refractivity contribution is 8.13. The van der Waals surface area contributed by atoms with Crippen molar-refractivity contribution in [2.45, 2.75) is 43.9 Å². The quantitative estimate of drug-likeness (QED) is 0.536. The van der Waals surface area contributed by atoms with Crippen LogP contribution in [0.4, 0.5) is 4.39 Å². The summed E-state index contributed by atoms with van der Waals surface area (Å²) in [6.07, 6.45) is 7.34. The monoisotopic (exact) mass is 428 g/mol. The smallest absolute Gasteiger partial charge is 0.278 e. The van der Waals surface area contributed by atoms with E-state index in [1.807, 2.05) is 23.1 Å². The van der Waals surface area contributed by atoms with Crippen molar-refractivity contribution in [2.75, 3.05) is 0 Å². The summed E-state index contributed by atoms with van der Waals surface area (Å²) >= 11 is 7.50. The predicted molar refractivity (Wildman–Crippen MR) is 118 cm³/mol. The van der Waals surface area contributed by atoms with Gasteiger partial charge in [0, 0.05) is 16.8 Å². The predicted octanol–water partition coefficient (Wildman–Crippen LogP) is 6.28. The normalized spacial score (nSPS) is 19.1. The zero-order valence-corrected chi connectivity index (χ0v) is 17.6. The van der Waals surface area contributed by atoms with Gasteiger partial charge in [0.25, 0.3) is 5.91 Å². The molecule has 2 aromatic rings. The third kappa shape index (κ3) is 4.90. The molecule has 0 radical (unpaired) electrons. The Morgan fingerprint density at radius 1 is 1.07 bits per heavy atom. The molecule has 1 fully saturated rings. The zero-order chi connectivity index (χ0) is 20.2. The molecule has 0 N–H and O–H groups in total. The molecule has 6 heteroatoms. The first-order chi connectivity index (χ1) is 14.1. The van der Waals surface area contributed by atoms with E-state index in [1.165, 1.54) is 30.3 Å². The number of amides is 1. The number of halogens is 2. The summed E-state index contributed by atoms with van der Waals surface area (Å²) in [6, 6.07) is 14.0. The highest BCUT2D eigenvalue weighted by Gasteiger charge is 2.36. The first-order valence-corrected chi connectivity index (χ1v) is 11.2. The third-order valence-corrected chi connectivity index (χ3v) is 6.53. The Balaban J connectivity index is 1.58. The lowest BCUT2D eigenvalue weighted by molar-refractivity contribution is -0.124. The van der Waals surface area contributed by atoms with E-state index in [-0.39, 0.29) is 17.8 Å². The van der Waals surface area contributed by atoms with Crippen molar-refractivity contribution in [1.29, 1.82) is 0 Å². The second kappa shape index (κ2) is 9.14. The van der Waals surface area contributed by atoms with Crippen LogP contribution >= 0.6 is 23.4 Å². The van der Waals surface area contributed by atoms with Gasteiger partial charge >= 0.3 is 0 Å². The second-order valence-electron chi connectivity index (χ2n) is 7.36. The van der Waals surface area contributed by atoms with E-state index in [2.05, 4.69) is 4.99 Å². The number of carbonyl (C=O) groups is 1. The highest BCUT2D eigenvalue weighted by atomic mass is 35.5. The average Bonchev–Trinajstić information content (AvgIpc) is 3.05. The van der Waals surface area contributed by atoms with Gasteiger partial charge in [0.1, 0.15) is 11.5 Å². The van der Waals surface area contributed by atoms with Crippen LogP contribution in [-0.4, -0.2) is 22.0 Å². The van der Waals surface area contributed by atoms with Gasteiger partial charge in [-0.2, -0.15) is 0 Å². The van der Waals surface area contributed by atoms with E-state index in [9.17, 15) is 9.18 Å². The van der Waals surface area contributed by atoms with Crippen LogP contribution in [0.1, 0.15) is 43.2 Å². The summed E-state index contributed by atoms with van der Waals surface area (Å²) in [4.78, 5) is 19.8. The maximum absolute atomic E-state index is 13.2. The second-order valence-corrected chi connectivity index (χ2v) is 8.74. The van der Waals surface area contributed by atoms with Crippen LogP contribution in [0.2, 0.25) is 5.02 Å². The molecule has 1 aliphatic heterocycles. The van der Waals surface area contributed by atoms with Crippen LogP contribution in [0, 0.1) is 5.82 Å². The first kappa shape index (κ1) is 20.2. The number of amidine groups is 1. The Morgan fingerprint density at radius 3 is 2.45 bits per heavy atom. The van der Waals surface area contributed by atoms with Crippen molar-refractivity contribution in [3.05, 3.63) is 76.2 Å². The molecular formula is C23H22ClFN2OS. The van der Waals surface area contributed by atoms with Gasteiger partial charge in [0.2, 0.25) is 0 Å². The molecule has 3 nitrogen and oxygen atoms in total. The van der Waals surface area contributed by atoms with Gasteiger partial charge in [-0.3, -0.25) is 9.69 Å². The molecule has 0 spiro atoms. The molecule has 0 aromatic heterocycles. The molecule has 1 aliphatic carbocycles. The zero-order valence-electron chi connectivity index (χ0n) is 16.0. The lowest BCUT2D eigenvalue weighted by Gasteiger charge is -2.31. The molecule has 2 aliphatic rings. The summed E-state index contributed by atoms with van der Waals surface area (Å²) in [5, 5.41) is 1.40. The summed E-state index contributed by atoms with van der Waals surface area (Å²) in [5.41, 5.74) is 2.36. The number of benzene rings is 2. The molecule has 0 unspecified atom stereocenters. The fourth-order valence-electron chi connectivity index (χ4n) is 3.72. The lowest BCUT2D eigenvalue weighted by atomic mass is 9.94. The minimum absolute atomic E-state index is 0.0338. The van der Waals surface area contributed by atoms with Crippen LogP contribution in [0.5, 0.6) is 0 Å². The first-order valence-electron chi connectivity index (χ1n) is 9.87. The third-order valence-electron chi connectivity index (χ3n) is 5.25. The molecule has 1 saturated carbocycles. The number of rotatable bonds is 4. The fraction of sp³-hybridized carbons (Fsp3) is 0.304. The van der Waals surface area contributed by atoms with E-state index in [0.29, 0.717) is 16.5 Å². The number of carbonyl (C=O) groups excluding carboxylic acids is 1. The van der Waals surface area contributed by atoms with Gasteiger partial charge in [-0.05, 0) is 54.3 Å². The Morgan fingerprint density at radius 2 is 1.76 bits per heavy atom. The van der Waals surface area contributed by atoms with E-state index in [4.69, 9.17) is 11.6 Å². The summed E-state index contributed by atoms with van der Waals surface area (Å²) < 4.78 is 13.2. The Labute approximate surface area is 179 Å². The van der Waals surface area contributed by atoms with Crippen LogP contribution in [0.3, 0.4) is 0 Å². The molecule has 1 heterocycles. The largest absolute Gasteiger partial charge is 0.283 e. The molecule has 0 atom stereocenters. The average molecular weight is 429 g/mol. The Kier molecular flexibility index (Phi) is 6.36. The SMILES string of the molecule is O=C1/C(=C\c2ccc(Cl)cc2)N=C(SCc2ccc(F)cc2)N1C1CCCCC1. The van der Waals surface area contributed by atoms with Crippen LogP contribution in [-0.2, 0) is 10.5 Å². The number of thioether (sulfide) groups is 1. The maximum atomic E-state index is 13.2. The van der Waals surface area contributed by atoms with Gasteiger partial charge < -0.3 is 0 Å². The summed E-state index contributed by atoms with van der Waals surface area (Å²) in [5.74, 6) is 0.363. The van der Waals surface area contributed by atoms with Crippen LogP contribution in [0.25, 0.3) is 6.08 Å². The van der Waals surface area contributed by atoms with Crippen LogP contribution in [0.15, 0.2) is 59.2 Å². The van der Waals surface area contributed by atoms with Crippen molar-refractivity contribution in [2.24, 2.45) is 4.99 Å². The number of nitrogens with zero attached hydrogens (tertiary/aromatic N) is 2. The van der Waals surface area contributed by atoms with Crippen LogP contribution < -0.4 is 0 Å². The molecular weight excluding hydrogens is 407 g/mol. The molecule has 0 saturated heterocycles. The van der Waals surface area contributed by atoms with Gasteiger partial charge in [0.15, 0.2) is 5.17 Å². The molecule has 29 heavy (non-hydrogen) atoms. The topological polar surface area (TPSA) is 32.7 Å². The van der Waals surface area contributed by atoms with Crippen molar-refractivity contribution < 1.29 is 9.18 Å². The maximum Gasteiger partial charge on any atom is 0.278 e. The van der Waals surface area contributed by atoms with Gasteiger partial charge in [0.05, 0.1) is 0 Å². The lowest BCUT2D eigenvalue weighted by Crippen LogP contribution is -2.41. The van der Waals surface area contributed by atoms with Gasteiger partial charge in [-0.1, -0.05) is 66.9 Å². The fourth-order valence-corrected chi connectivity index (χ4v) is 4.87. The number of hydrogen-bond acceptors (Lipinski definition) is 3. The minimum atomic E-state index is -0.246. The summed E-state index contributed by atoms with van der Waals surface area (Å²) in [6.45, 7) is 0. The van der Waals surface area contributed by atoms with Crippen molar-refractivity contribution in [3.8, 4) is 0 Å². The Hall–Kier alpha value is -2.11. The van der Waals surface area contributed by atoms with Gasteiger partial charge in [-0.25, -0.2) is 9.38 Å². The minimum Gasteiger partial charge on any atom is -0.283 e. The van der Waals surface area contributed by atoms with Gasteiger partial charge in [-0.15, -0.1) is 0 Å². The Bertz CT molecular complexity index is 934. The van der Waals surface area contributed by atoms with E-state index >= 15 is 0 Å². The molecule has 1 amide bonds. The van der Waals surface area contributed by atoms with E-state index < -0.39 is 0 Å². The standard InChI is InChI=1S/C23H22ClFN2OS/c24-18-10-6-16(7-11-18)14-21-22(28)27(20-4-2-1-3-5-20)23(26-21)29-15-17-8-12-19(25)13-9-17/h6-14,20H,1-5,15H2/b21-14+. The van der Waals surface area contributed by atoms with Crippen molar-refractivity contribution >= 4 is 40.5 Å². The van der Waals surface area contributed by atoms with E-state index in [0.717, 1.165) is 42.0 Å². The van der Waals surface area contributed by atoms with E-state index in [1.54, 1.807) is 24.3 Å². The molecule has 2 aromatic carbocycles.